The number of carbonyl (C=O) groups is 2. The quantitative estimate of drug-likeness (QED) is 0.590. The molecular weight excluding hydrogens is 332 g/mol. The summed E-state index contributed by atoms with van der Waals surface area (Å²) in [7, 11) is 0. The number of carboxylic acid groups (broad SMARTS) is 1. The van der Waals surface area contributed by atoms with Crippen molar-refractivity contribution in [1.82, 2.24) is 14.3 Å². The fourth-order valence-corrected chi connectivity index (χ4v) is 5.80. The predicted molar refractivity (Wildman–Crippen MR) is 81.4 cm³/mol. The van der Waals surface area contributed by atoms with E-state index in [0.29, 0.717) is 17.3 Å². The van der Waals surface area contributed by atoms with Crippen LogP contribution < -0.4 is 5.73 Å². The van der Waals surface area contributed by atoms with Gasteiger partial charge in [-0.15, -0.1) is 11.8 Å². The van der Waals surface area contributed by atoms with E-state index in [9.17, 15) is 14.7 Å². The average molecular weight is 346 g/mol. The van der Waals surface area contributed by atoms with Crippen LogP contribution in [0.5, 0.6) is 0 Å². The van der Waals surface area contributed by atoms with Crippen molar-refractivity contribution in [2.24, 2.45) is 11.1 Å². The summed E-state index contributed by atoms with van der Waals surface area (Å²) in [6.07, 6.45) is 0. The number of fused-ring (bicyclic) bond motifs is 1. The second-order valence-electron chi connectivity index (χ2n) is 5.18. The molecule has 1 aromatic heterocycles. The zero-order chi connectivity index (χ0) is 15.2. The molecule has 3 atom stereocenters. The summed E-state index contributed by atoms with van der Waals surface area (Å²) in [4.78, 5) is 29.3. The van der Waals surface area contributed by atoms with Crippen molar-refractivity contribution in [2.75, 3.05) is 18.1 Å². The molecule has 3 heterocycles. The molecule has 2 aliphatic heterocycles. The molecule has 0 saturated carbocycles. The standard InChI is InChI=1S/C11H14N4O3S3/c1-5-13-10(21-14-5)20-4-11(9(17)18)2-15-7(16)6(12)8(15)19-3-11/h6,8H,2-4,12H2,1H3,(H,17,18)/t6?,8-,11?/m1/s1. The van der Waals surface area contributed by atoms with Crippen LogP contribution in [0.2, 0.25) is 0 Å². The van der Waals surface area contributed by atoms with Gasteiger partial charge in [0.15, 0.2) is 4.34 Å². The SMILES string of the molecule is Cc1nsc(SCC2(C(=O)O)CS[C@@H]3C(N)C(=O)N3C2)n1. The van der Waals surface area contributed by atoms with E-state index in [-0.39, 0.29) is 17.8 Å². The van der Waals surface area contributed by atoms with Crippen LogP contribution in [0.1, 0.15) is 5.82 Å². The molecule has 114 valence electrons. The van der Waals surface area contributed by atoms with Crippen LogP contribution in [0.4, 0.5) is 0 Å². The van der Waals surface area contributed by atoms with Gasteiger partial charge in [-0.2, -0.15) is 4.37 Å². The predicted octanol–water partition coefficient (Wildman–Crippen LogP) is 0.252. The van der Waals surface area contributed by atoms with Crippen LogP contribution in [0.25, 0.3) is 0 Å². The summed E-state index contributed by atoms with van der Waals surface area (Å²) in [6, 6.07) is -0.486. The smallest absolute Gasteiger partial charge is 0.313 e. The molecule has 7 nitrogen and oxygen atoms in total. The molecule has 0 aliphatic carbocycles. The molecule has 0 aromatic carbocycles. The number of carboxylic acids is 1. The number of nitrogens with two attached hydrogens (primary N) is 1. The molecule has 1 aromatic rings. The summed E-state index contributed by atoms with van der Waals surface area (Å²) in [5.74, 6) is 0.476. The molecular formula is C11H14N4O3S3. The van der Waals surface area contributed by atoms with Gasteiger partial charge >= 0.3 is 5.97 Å². The summed E-state index contributed by atoms with van der Waals surface area (Å²) < 4.78 is 4.84. The minimum atomic E-state index is -0.957. The van der Waals surface area contributed by atoms with Gasteiger partial charge in [-0.05, 0) is 18.5 Å². The van der Waals surface area contributed by atoms with Gasteiger partial charge in [0, 0.05) is 18.1 Å². The van der Waals surface area contributed by atoms with Crippen molar-refractivity contribution in [1.29, 1.82) is 0 Å². The Labute approximate surface area is 133 Å². The maximum atomic E-state index is 11.8. The first kappa shape index (κ1) is 15.1. The Kier molecular flexibility index (Phi) is 3.89. The van der Waals surface area contributed by atoms with Crippen LogP contribution in [0.15, 0.2) is 4.34 Å². The summed E-state index contributed by atoms with van der Waals surface area (Å²) >= 11 is 4.11. The second kappa shape index (κ2) is 5.41. The highest BCUT2D eigenvalue weighted by Crippen LogP contribution is 2.43. The molecule has 21 heavy (non-hydrogen) atoms. The highest BCUT2D eigenvalue weighted by molar-refractivity contribution is 8.01. The first-order valence-electron chi connectivity index (χ1n) is 6.27. The van der Waals surface area contributed by atoms with Gasteiger partial charge in [-0.25, -0.2) is 4.98 Å². The highest BCUT2D eigenvalue weighted by atomic mass is 32.2. The molecule has 0 radical (unpaired) electrons. The number of β-lactam (4-membered cyclic amide) rings is 1. The monoisotopic (exact) mass is 346 g/mol. The van der Waals surface area contributed by atoms with E-state index < -0.39 is 17.4 Å². The molecule has 0 spiro atoms. The molecule has 0 bridgehead atoms. The number of amides is 1. The van der Waals surface area contributed by atoms with Crippen molar-refractivity contribution in [3.05, 3.63) is 5.82 Å². The topological polar surface area (TPSA) is 109 Å². The maximum absolute atomic E-state index is 11.8. The van der Waals surface area contributed by atoms with Crippen molar-refractivity contribution in [3.63, 3.8) is 0 Å². The van der Waals surface area contributed by atoms with E-state index in [2.05, 4.69) is 9.36 Å². The third kappa shape index (κ3) is 2.54. The molecule has 1 amide bonds. The first-order chi connectivity index (χ1) is 9.93. The van der Waals surface area contributed by atoms with Crippen molar-refractivity contribution >= 4 is 46.9 Å². The Bertz CT molecular complexity index is 595. The van der Waals surface area contributed by atoms with Gasteiger partial charge in [0.1, 0.15) is 22.7 Å². The fourth-order valence-electron chi connectivity index (χ4n) is 2.34. The molecule has 2 aliphatic rings. The van der Waals surface area contributed by atoms with E-state index >= 15 is 0 Å². The fraction of sp³-hybridized carbons (Fsp3) is 0.636. The minimum Gasteiger partial charge on any atom is -0.481 e. The Hall–Kier alpha value is -0.840. The molecule has 3 rings (SSSR count). The Morgan fingerprint density at radius 3 is 3.05 bits per heavy atom. The lowest BCUT2D eigenvalue weighted by atomic mass is 9.89. The molecule has 3 N–H and O–H groups in total. The van der Waals surface area contributed by atoms with Gasteiger partial charge < -0.3 is 15.7 Å². The molecule has 2 saturated heterocycles. The number of aliphatic carboxylic acids is 1. The van der Waals surface area contributed by atoms with Crippen LogP contribution in [0, 0.1) is 12.3 Å². The first-order valence-corrected chi connectivity index (χ1v) is 9.08. The lowest BCUT2D eigenvalue weighted by Gasteiger charge is -2.52. The van der Waals surface area contributed by atoms with Crippen LogP contribution in [0.3, 0.4) is 0 Å². The Balaban J connectivity index is 1.72. The maximum Gasteiger partial charge on any atom is 0.313 e. The molecule has 2 unspecified atom stereocenters. The summed E-state index contributed by atoms with van der Waals surface area (Å²) in [5.41, 5.74) is 4.77. The summed E-state index contributed by atoms with van der Waals surface area (Å²) in [6.45, 7) is 2.02. The zero-order valence-corrected chi connectivity index (χ0v) is 13.6. The highest BCUT2D eigenvalue weighted by Gasteiger charge is 2.55. The average Bonchev–Trinajstić information content (AvgIpc) is 2.89. The minimum absolute atomic E-state index is 0.0706. The van der Waals surface area contributed by atoms with E-state index in [0.717, 1.165) is 4.34 Å². The normalized spacial score (nSPS) is 31.7. The number of carbonyl (C=O) groups excluding carboxylic acids is 1. The number of aromatic nitrogens is 2. The molecule has 10 heteroatoms. The number of aryl methyl sites for hydroxylation is 1. The third-order valence-corrected chi connectivity index (χ3v) is 7.44. The Morgan fingerprint density at radius 1 is 1.67 bits per heavy atom. The number of rotatable bonds is 4. The Morgan fingerprint density at radius 2 is 2.43 bits per heavy atom. The number of thioether (sulfide) groups is 2. The third-order valence-electron chi connectivity index (χ3n) is 3.62. The zero-order valence-electron chi connectivity index (χ0n) is 11.2. The van der Waals surface area contributed by atoms with Crippen molar-refractivity contribution < 1.29 is 14.7 Å². The summed E-state index contributed by atoms with van der Waals surface area (Å²) in [5, 5.41) is 9.55. The van der Waals surface area contributed by atoms with E-state index in [1.54, 1.807) is 11.8 Å². The van der Waals surface area contributed by atoms with Crippen LogP contribution in [-0.4, -0.2) is 60.7 Å². The second-order valence-corrected chi connectivity index (χ2v) is 8.25. The van der Waals surface area contributed by atoms with Crippen LogP contribution in [-0.2, 0) is 9.59 Å². The number of hydrogen-bond acceptors (Lipinski definition) is 8. The van der Waals surface area contributed by atoms with Gasteiger partial charge in [-0.3, -0.25) is 9.59 Å². The van der Waals surface area contributed by atoms with E-state index in [1.165, 1.54) is 35.1 Å². The van der Waals surface area contributed by atoms with Gasteiger partial charge in [0.05, 0.1) is 0 Å². The van der Waals surface area contributed by atoms with E-state index in [1.807, 2.05) is 0 Å². The lowest BCUT2D eigenvalue weighted by molar-refractivity contribution is -0.155. The van der Waals surface area contributed by atoms with Gasteiger partial charge in [0.25, 0.3) is 0 Å². The lowest BCUT2D eigenvalue weighted by Crippen LogP contribution is -2.72. The van der Waals surface area contributed by atoms with E-state index in [4.69, 9.17) is 5.73 Å². The largest absolute Gasteiger partial charge is 0.481 e. The number of nitrogens with zero attached hydrogens (tertiary/aromatic N) is 3. The van der Waals surface area contributed by atoms with Crippen LogP contribution >= 0.6 is 35.1 Å². The van der Waals surface area contributed by atoms with Crippen molar-refractivity contribution in [2.45, 2.75) is 22.7 Å². The van der Waals surface area contributed by atoms with Gasteiger partial charge in [0.2, 0.25) is 5.91 Å². The van der Waals surface area contributed by atoms with Gasteiger partial charge in [-0.1, -0.05) is 11.8 Å². The molecule has 2 fully saturated rings. The van der Waals surface area contributed by atoms with Crippen molar-refractivity contribution in [3.8, 4) is 0 Å². The number of hydrogen-bond donors (Lipinski definition) is 2.